The number of ether oxygens (including phenoxy) is 4. The molecule has 0 saturated carbocycles. The van der Waals surface area contributed by atoms with Crippen molar-refractivity contribution in [3.05, 3.63) is 83.4 Å². The Bertz CT molecular complexity index is 1070. The molecule has 35 heavy (non-hydrogen) atoms. The van der Waals surface area contributed by atoms with E-state index in [0.29, 0.717) is 12.4 Å². The monoisotopic (exact) mass is 476 g/mol. The molecule has 1 fully saturated rings. The molecule has 0 amide bonds. The van der Waals surface area contributed by atoms with Crippen LogP contribution in [0, 0.1) is 0 Å². The molecule has 0 spiro atoms. The zero-order chi connectivity index (χ0) is 24.5. The van der Waals surface area contributed by atoms with Gasteiger partial charge in [0, 0.05) is 57.3 Å². The number of piperazine rings is 1. The molecule has 0 unspecified atom stereocenters. The van der Waals surface area contributed by atoms with Gasteiger partial charge >= 0.3 is 0 Å². The van der Waals surface area contributed by atoms with Gasteiger partial charge in [0.2, 0.25) is 0 Å². The summed E-state index contributed by atoms with van der Waals surface area (Å²) in [6, 6.07) is 22.8. The second kappa shape index (κ2) is 12.5. The van der Waals surface area contributed by atoms with Crippen LogP contribution in [-0.2, 0) is 13.0 Å². The normalized spacial score (nSPS) is 14.5. The van der Waals surface area contributed by atoms with Crippen LogP contribution < -0.4 is 18.9 Å². The number of para-hydroxylation sites is 1. The molecular weight excluding hydrogens is 440 g/mol. The molecule has 3 aromatic carbocycles. The minimum Gasteiger partial charge on any atom is -0.496 e. The van der Waals surface area contributed by atoms with E-state index in [-0.39, 0.29) is 0 Å². The first-order valence-corrected chi connectivity index (χ1v) is 12.2. The molecule has 0 aliphatic carbocycles. The number of benzene rings is 3. The minimum absolute atomic E-state index is 0.684. The van der Waals surface area contributed by atoms with Crippen molar-refractivity contribution in [3.63, 3.8) is 0 Å². The van der Waals surface area contributed by atoms with Crippen LogP contribution in [0.4, 0.5) is 0 Å². The summed E-state index contributed by atoms with van der Waals surface area (Å²) in [5.41, 5.74) is 3.63. The van der Waals surface area contributed by atoms with Crippen LogP contribution in [0.1, 0.15) is 16.7 Å². The fourth-order valence-corrected chi connectivity index (χ4v) is 4.52. The van der Waals surface area contributed by atoms with Gasteiger partial charge in [-0.2, -0.15) is 0 Å². The number of methoxy groups -OCH3 is 3. The maximum atomic E-state index is 6.21. The molecule has 6 heteroatoms. The van der Waals surface area contributed by atoms with Gasteiger partial charge in [-0.15, -0.1) is 0 Å². The van der Waals surface area contributed by atoms with Crippen molar-refractivity contribution in [1.82, 2.24) is 9.80 Å². The van der Waals surface area contributed by atoms with Gasteiger partial charge in [-0.05, 0) is 23.3 Å². The first-order valence-electron chi connectivity index (χ1n) is 12.2. The van der Waals surface area contributed by atoms with Gasteiger partial charge < -0.3 is 18.9 Å². The predicted octanol–water partition coefficient (Wildman–Crippen LogP) is 4.50. The summed E-state index contributed by atoms with van der Waals surface area (Å²) in [7, 11) is 5.00. The Labute approximate surface area is 209 Å². The maximum absolute atomic E-state index is 6.21. The Morgan fingerprint density at radius 3 is 1.97 bits per heavy atom. The summed E-state index contributed by atoms with van der Waals surface area (Å²) < 4.78 is 22.7. The second-order valence-corrected chi connectivity index (χ2v) is 8.76. The molecule has 1 aliphatic heterocycles. The van der Waals surface area contributed by atoms with E-state index < -0.39 is 0 Å². The van der Waals surface area contributed by atoms with Gasteiger partial charge in [-0.25, -0.2) is 0 Å². The zero-order valence-electron chi connectivity index (χ0n) is 21.0. The summed E-state index contributed by atoms with van der Waals surface area (Å²) in [5.74, 6) is 3.22. The van der Waals surface area contributed by atoms with E-state index in [2.05, 4.69) is 58.3 Å². The van der Waals surface area contributed by atoms with Crippen LogP contribution in [0.15, 0.2) is 66.7 Å². The van der Waals surface area contributed by atoms with E-state index >= 15 is 0 Å². The molecule has 0 aromatic heterocycles. The van der Waals surface area contributed by atoms with Gasteiger partial charge in [0.15, 0.2) is 11.5 Å². The highest BCUT2D eigenvalue weighted by atomic mass is 16.5. The molecule has 0 atom stereocenters. The van der Waals surface area contributed by atoms with Crippen molar-refractivity contribution in [2.45, 2.75) is 13.0 Å². The molecule has 1 aliphatic rings. The Morgan fingerprint density at radius 1 is 0.629 bits per heavy atom. The molecule has 0 N–H and O–H groups in total. The Hall–Kier alpha value is -3.22. The second-order valence-electron chi connectivity index (χ2n) is 8.76. The number of rotatable bonds is 11. The third-order valence-electron chi connectivity index (χ3n) is 6.52. The average molecular weight is 477 g/mol. The van der Waals surface area contributed by atoms with Crippen molar-refractivity contribution in [3.8, 4) is 23.0 Å². The van der Waals surface area contributed by atoms with Crippen molar-refractivity contribution in [2.75, 3.05) is 60.7 Å². The number of hydrogen-bond donors (Lipinski definition) is 0. The molecule has 4 rings (SSSR count). The molecule has 1 saturated heterocycles. The van der Waals surface area contributed by atoms with Crippen LogP contribution >= 0.6 is 0 Å². The highest BCUT2D eigenvalue weighted by Crippen LogP contribution is 2.35. The van der Waals surface area contributed by atoms with Crippen molar-refractivity contribution in [1.29, 1.82) is 0 Å². The fraction of sp³-hybridized carbons (Fsp3) is 0.379. The van der Waals surface area contributed by atoms with E-state index in [1.807, 2.05) is 18.2 Å². The third kappa shape index (κ3) is 6.68. The summed E-state index contributed by atoms with van der Waals surface area (Å²) in [4.78, 5) is 4.93. The summed E-state index contributed by atoms with van der Waals surface area (Å²) in [6.45, 7) is 6.47. The third-order valence-corrected chi connectivity index (χ3v) is 6.52. The summed E-state index contributed by atoms with van der Waals surface area (Å²) in [6.07, 6.45) is 0.884. The van der Waals surface area contributed by atoms with Gasteiger partial charge in [0.1, 0.15) is 18.1 Å². The van der Waals surface area contributed by atoms with E-state index in [1.165, 1.54) is 11.1 Å². The maximum Gasteiger partial charge on any atom is 0.164 e. The topological polar surface area (TPSA) is 43.4 Å². The first kappa shape index (κ1) is 24.9. The molecule has 0 radical (unpaired) electrons. The average Bonchev–Trinajstić information content (AvgIpc) is 2.91. The van der Waals surface area contributed by atoms with Gasteiger partial charge in [-0.3, -0.25) is 9.80 Å². The minimum atomic E-state index is 0.684. The van der Waals surface area contributed by atoms with E-state index in [1.54, 1.807) is 21.3 Å². The molecule has 3 aromatic rings. The standard InChI is InChI=1S/C29H36N2O4/c1-32-27-21-29(34-3)28(33-2)20-25(27)22-31-15-13-30(14-16-31)17-18-35-26-12-8-7-11-24(26)19-23-9-5-4-6-10-23/h4-12,20-21H,13-19,22H2,1-3H3. The smallest absolute Gasteiger partial charge is 0.164 e. The van der Waals surface area contributed by atoms with E-state index in [0.717, 1.165) is 68.5 Å². The van der Waals surface area contributed by atoms with E-state index in [9.17, 15) is 0 Å². The van der Waals surface area contributed by atoms with Crippen LogP contribution in [-0.4, -0.2) is 70.5 Å². The lowest BCUT2D eigenvalue weighted by atomic mass is 10.0. The molecule has 0 bridgehead atoms. The molecule has 186 valence electrons. The fourth-order valence-electron chi connectivity index (χ4n) is 4.52. The van der Waals surface area contributed by atoms with Gasteiger partial charge in [0.05, 0.1) is 21.3 Å². The van der Waals surface area contributed by atoms with Gasteiger partial charge in [-0.1, -0.05) is 48.5 Å². The van der Waals surface area contributed by atoms with E-state index in [4.69, 9.17) is 18.9 Å². The first-order chi connectivity index (χ1) is 17.2. The molecule has 6 nitrogen and oxygen atoms in total. The lowest BCUT2D eigenvalue weighted by Crippen LogP contribution is -2.47. The Kier molecular flexibility index (Phi) is 8.87. The van der Waals surface area contributed by atoms with Crippen LogP contribution in [0.25, 0.3) is 0 Å². The zero-order valence-corrected chi connectivity index (χ0v) is 21.0. The van der Waals surface area contributed by atoms with Crippen LogP contribution in [0.5, 0.6) is 23.0 Å². The number of hydrogen-bond acceptors (Lipinski definition) is 6. The van der Waals surface area contributed by atoms with Gasteiger partial charge in [0.25, 0.3) is 0 Å². The predicted molar refractivity (Wildman–Crippen MR) is 139 cm³/mol. The number of nitrogens with zero attached hydrogens (tertiary/aromatic N) is 2. The SMILES string of the molecule is COc1cc(OC)c(OC)cc1CN1CCN(CCOc2ccccc2Cc2ccccc2)CC1. The quantitative estimate of drug-likeness (QED) is 0.406. The lowest BCUT2D eigenvalue weighted by Gasteiger charge is -2.35. The lowest BCUT2D eigenvalue weighted by molar-refractivity contribution is 0.111. The molecular formula is C29H36N2O4. The van der Waals surface area contributed by atoms with Crippen LogP contribution in [0.3, 0.4) is 0 Å². The van der Waals surface area contributed by atoms with Crippen molar-refractivity contribution in [2.24, 2.45) is 0 Å². The molecule has 1 heterocycles. The Morgan fingerprint density at radius 2 is 1.26 bits per heavy atom. The Balaban J connectivity index is 1.26. The van der Waals surface area contributed by atoms with Crippen LogP contribution in [0.2, 0.25) is 0 Å². The highest BCUT2D eigenvalue weighted by Gasteiger charge is 2.20. The summed E-state index contributed by atoms with van der Waals surface area (Å²) >= 11 is 0. The van der Waals surface area contributed by atoms with Crippen molar-refractivity contribution < 1.29 is 18.9 Å². The largest absolute Gasteiger partial charge is 0.496 e. The summed E-state index contributed by atoms with van der Waals surface area (Å²) in [5, 5.41) is 0. The van der Waals surface area contributed by atoms with Crippen molar-refractivity contribution >= 4 is 0 Å². The highest BCUT2D eigenvalue weighted by molar-refractivity contribution is 5.50.